The molecule has 2 aromatic heterocycles. The summed E-state index contributed by atoms with van der Waals surface area (Å²) in [5, 5.41) is 7.87. The maximum Gasteiger partial charge on any atom is 0.221 e. The number of hydrogen-bond donors (Lipinski definition) is 1. The minimum atomic E-state index is -0.685. The Bertz CT molecular complexity index is 608. The number of rotatable bonds is 1. The fourth-order valence-corrected chi connectivity index (χ4v) is 1.36. The van der Waals surface area contributed by atoms with Crippen LogP contribution in [0.1, 0.15) is 0 Å². The number of aromatic nitrogens is 5. The van der Waals surface area contributed by atoms with E-state index in [1.54, 1.807) is 0 Å². The Kier molecular flexibility index (Phi) is 1.73. The van der Waals surface area contributed by atoms with Gasteiger partial charge in [-0.3, -0.25) is 0 Å². The molecule has 1 radical (unpaired) electrons. The number of fused-ring (bicyclic) bond motifs is 1. The van der Waals surface area contributed by atoms with Crippen molar-refractivity contribution in [2.75, 3.05) is 0 Å². The molecule has 0 amide bonds. The molecule has 5 nitrogen and oxygen atoms in total. The molecule has 0 fully saturated rings. The molecule has 0 saturated carbocycles. The molecule has 1 aromatic carbocycles. The van der Waals surface area contributed by atoms with Gasteiger partial charge < -0.3 is 4.98 Å². The van der Waals surface area contributed by atoms with Gasteiger partial charge in [-0.05, 0) is 0 Å². The summed E-state index contributed by atoms with van der Waals surface area (Å²) in [6.07, 6.45) is 2.46. The smallest absolute Gasteiger partial charge is 0.221 e. The first kappa shape index (κ1) is 8.96. The summed E-state index contributed by atoms with van der Waals surface area (Å²) < 4.78 is 25.9. The molecular weight excluding hydrogens is 216 g/mol. The molecule has 0 spiro atoms. The molecule has 0 unspecified atom stereocenters. The maximum absolute atomic E-state index is 13.0. The molecule has 0 bridgehead atoms. The summed E-state index contributed by atoms with van der Waals surface area (Å²) in [5.74, 6) is -1.37. The number of aromatic amines is 1. The Morgan fingerprint density at radius 1 is 1.12 bits per heavy atom. The zero-order valence-electron chi connectivity index (χ0n) is 7.78. The third-order valence-corrected chi connectivity index (χ3v) is 2.01. The lowest BCUT2D eigenvalue weighted by molar-refractivity contribution is 0.577. The highest BCUT2D eigenvalue weighted by Gasteiger charge is 2.08. The first-order chi connectivity index (χ1) is 7.72. The van der Waals surface area contributed by atoms with Crippen LogP contribution in [0, 0.1) is 18.0 Å². The van der Waals surface area contributed by atoms with E-state index >= 15 is 0 Å². The Morgan fingerprint density at radius 2 is 1.88 bits per heavy atom. The molecule has 0 aliphatic heterocycles. The topological polar surface area (TPSA) is 59.4 Å². The van der Waals surface area contributed by atoms with Gasteiger partial charge in [-0.15, -0.1) is 15.0 Å². The van der Waals surface area contributed by atoms with Gasteiger partial charge in [-0.25, -0.2) is 13.8 Å². The Hall–Kier alpha value is -2.31. The summed E-state index contributed by atoms with van der Waals surface area (Å²) in [6.45, 7) is 0. The summed E-state index contributed by atoms with van der Waals surface area (Å²) >= 11 is 0. The van der Waals surface area contributed by atoms with Crippen molar-refractivity contribution in [1.29, 1.82) is 0 Å². The highest BCUT2D eigenvalue weighted by atomic mass is 19.1. The van der Waals surface area contributed by atoms with Crippen LogP contribution in [-0.4, -0.2) is 25.0 Å². The van der Waals surface area contributed by atoms with E-state index in [4.69, 9.17) is 0 Å². The van der Waals surface area contributed by atoms with E-state index in [1.165, 1.54) is 0 Å². The Balaban J connectivity index is 2.18. The quantitative estimate of drug-likeness (QED) is 0.670. The summed E-state index contributed by atoms with van der Waals surface area (Å²) in [4.78, 5) is 7.47. The van der Waals surface area contributed by atoms with Gasteiger partial charge in [0.1, 0.15) is 11.6 Å². The Labute approximate surface area is 87.7 Å². The van der Waals surface area contributed by atoms with Crippen molar-refractivity contribution in [1.82, 2.24) is 25.0 Å². The van der Waals surface area contributed by atoms with E-state index in [2.05, 4.69) is 26.5 Å². The minimum absolute atomic E-state index is 0.198. The van der Waals surface area contributed by atoms with Gasteiger partial charge in [0.2, 0.25) is 11.3 Å². The van der Waals surface area contributed by atoms with E-state index in [1.807, 2.05) is 0 Å². The second-order valence-electron chi connectivity index (χ2n) is 3.14. The molecule has 0 aliphatic carbocycles. The van der Waals surface area contributed by atoms with Crippen molar-refractivity contribution in [3.05, 3.63) is 36.2 Å². The van der Waals surface area contributed by atoms with Crippen LogP contribution in [0.3, 0.4) is 0 Å². The van der Waals surface area contributed by atoms with Crippen molar-refractivity contribution < 1.29 is 8.78 Å². The summed E-state index contributed by atoms with van der Waals surface area (Å²) in [7, 11) is 0. The van der Waals surface area contributed by atoms with Gasteiger partial charge in [-0.1, -0.05) is 0 Å². The van der Waals surface area contributed by atoms with E-state index in [0.717, 1.165) is 23.0 Å². The van der Waals surface area contributed by atoms with Crippen LogP contribution in [-0.2, 0) is 0 Å². The number of H-pyrrole nitrogens is 1. The SMILES string of the molecule is Fc1cc(F)cc(-n2nc3n[c][nH]c3n2)c1. The number of hydrogen-bond acceptors (Lipinski definition) is 3. The van der Waals surface area contributed by atoms with E-state index < -0.39 is 11.6 Å². The Morgan fingerprint density at radius 3 is 2.56 bits per heavy atom. The number of nitrogens with one attached hydrogen (secondary N) is 1. The molecule has 0 aliphatic rings. The third-order valence-electron chi connectivity index (χ3n) is 2.01. The van der Waals surface area contributed by atoms with Gasteiger partial charge in [0.25, 0.3) is 0 Å². The van der Waals surface area contributed by atoms with E-state index in [-0.39, 0.29) is 5.69 Å². The number of imidazole rings is 1. The van der Waals surface area contributed by atoms with Crippen LogP contribution in [0.5, 0.6) is 0 Å². The van der Waals surface area contributed by atoms with Crippen molar-refractivity contribution in [2.24, 2.45) is 0 Å². The van der Waals surface area contributed by atoms with Gasteiger partial charge in [0.15, 0.2) is 6.33 Å². The fourth-order valence-electron chi connectivity index (χ4n) is 1.36. The predicted octanol–water partition coefficient (Wildman–Crippen LogP) is 1.22. The zero-order chi connectivity index (χ0) is 11.1. The zero-order valence-corrected chi connectivity index (χ0v) is 7.78. The molecule has 2 heterocycles. The van der Waals surface area contributed by atoms with Crippen LogP contribution < -0.4 is 0 Å². The molecule has 0 saturated heterocycles. The first-order valence-corrected chi connectivity index (χ1v) is 4.38. The molecule has 7 heteroatoms. The van der Waals surface area contributed by atoms with Crippen LogP contribution in [0.25, 0.3) is 17.0 Å². The lowest BCUT2D eigenvalue weighted by Crippen LogP contribution is -2.00. The fraction of sp³-hybridized carbons (Fsp3) is 0. The van der Waals surface area contributed by atoms with Gasteiger partial charge >= 0.3 is 0 Å². The average Bonchev–Trinajstić information content (AvgIpc) is 2.74. The number of benzene rings is 1. The summed E-state index contributed by atoms with van der Waals surface area (Å²) in [6, 6.07) is 3.04. The van der Waals surface area contributed by atoms with Crippen molar-refractivity contribution in [3.63, 3.8) is 0 Å². The molecule has 0 atom stereocenters. The number of nitrogens with zero attached hydrogens (tertiary/aromatic N) is 4. The van der Waals surface area contributed by atoms with Gasteiger partial charge in [0, 0.05) is 18.2 Å². The largest absolute Gasteiger partial charge is 0.317 e. The average molecular weight is 220 g/mol. The molecule has 79 valence electrons. The van der Waals surface area contributed by atoms with E-state index in [9.17, 15) is 8.78 Å². The molecular formula is C9H4F2N5. The normalized spacial score (nSPS) is 11.1. The highest BCUT2D eigenvalue weighted by molar-refractivity contribution is 5.63. The van der Waals surface area contributed by atoms with Crippen LogP contribution >= 0.6 is 0 Å². The maximum atomic E-state index is 13.0. The number of halogens is 2. The van der Waals surface area contributed by atoms with Crippen LogP contribution in [0.4, 0.5) is 8.78 Å². The second kappa shape index (κ2) is 3.09. The highest BCUT2D eigenvalue weighted by Crippen LogP contribution is 2.12. The van der Waals surface area contributed by atoms with Crippen molar-refractivity contribution in [3.8, 4) is 5.69 Å². The first-order valence-electron chi connectivity index (χ1n) is 4.38. The molecule has 3 rings (SSSR count). The predicted molar refractivity (Wildman–Crippen MR) is 49.8 cm³/mol. The standard InChI is InChI=1S/C9H4F2N5/c10-5-1-6(11)3-7(2-5)16-14-8-9(15-16)13-4-12-8/h1-3H,(H,12,13,14,15). The van der Waals surface area contributed by atoms with Crippen LogP contribution in [0.15, 0.2) is 18.2 Å². The van der Waals surface area contributed by atoms with Gasteiger partial charge in [0.05, 0.1) is 5.69 Å². The summed E-state index contributed by atoms with van der Waals surface area (Å²) in [5.41, 5.74) is 0.943. The molecule has 1 N–H and O–H groups in total. The second-order valence-corrected chi connectivity index (χ2v) is 3.14. The lowest BCUT2D eigenvalue weighted by atomic mass is 10.3. The minimum Gasteiger partial charge on any atom is -0.317 e. The van der Waals surface area contributed by atoms with Gasteiger partial charge in [-0.2, -0.15) is 0 Å². The molecule has 16 heavy (non-hydrogen) atoms. The van der Waals surface area contributed by atoms with Crippen LogP contribution in [0.2, 0.25) is 0 Å². The third kappa shape index (κ3) is 1.33. The van der Waals surface area contributed by atoms with E-state index in [0.29, 0.717) is 11.3 Å². The lowest BCUT2D eigenvalue weighted by Gasteiger charge is -1.99. The monoisotopic (exact) mass is 220 g/mol. The van der Waals surface area contributed by atoms with Crippen molar-refractivity contribution in [2.45, 2.75) is 0 Å². The van der Waals surface area contributed by atoms with Crippen molar-refractivity contribution >= 4 is 11.3 Å². The molecule has 3 aromatic rings.